The van der Waals surface area contributed by atoms with Gasteiger partial charge >= 0.3 is 0 Å². The molecule has 3 aromatic rings. The lowest BCUT2D eigenvalue weighted by Gasteiger charge is -2.09. The second-order valence-corrected chi connectivity index (χ2v) is 6.08. The summed E-state index contributed by atoms with van der Waals surface area (Å²) in [5, 5.41) is 24.9. The fourth-order valence-corrected chi connectivity index (χ4v) is 3.24. The number of aromatic nitrogens is 1. The zero-order chi connectivity index (χ0) is 18.8. The maximum Gasteiger partial charge on any atom is 0.282 e. The Morgan fingerprint density at radius 3 is 2.69 bits per heavy atom. The quantitative estimate of drug-likeness (QED) is 0.533. The van der Waals surface area contributed by atoms with E-state index >= 15 is 0 Å². The Kier molecular flexibility index (Phi) is 4.50. The summed E-state index contributed by atoms with van der Waals surface area (Å²) >= 11 is 1.12. The van der Waals surface area contributed by atoms with E-state index in [1.165, 1.54) is 13.2 Å². The summed E-state index contributed by atoms with van der Waals surface area (Å²) in [6, 6.07) is 8.40. The number of anilines is 1. The Balaban J connectivity index is 2.00. The summed E-state index contributed by atoms with van der Waals surface area (Å²) in [6.45, 7) is 0. The highest BCUT2D eigenvalue weighted by Crippen LogP contribution is 2.30. The highest BCUT2D eigenvalue weighted by Gasteiger charge is 2.25. The van der Waals surface area contributed by atoms with Crippen LogP contribution in [0.5, 0.6) is 5.75 Å². The van der Waals surface area contributed by atoms with Gasteiger partial charge in [-0.2, -0.15) is 0 Å². The van der Waals surface area contributed by atoms with E-state index in [2.05, 4.69) is 10.3 Å². The van der Waals surface area contributed by atoms with Crippen LogP contribution in [0.3, 0.4) is 0 Å². The SMILES string of the molecule is COc1ccc2nc(NC(=O)c3c(C(=O)[O-])cccc3[N+](=O)[O-])sc2c1. The first kappa shape index (κ1) is 17.3. The van der Waals surface area contributed by atoms with Crippen LogP contribution in [0.1, 0.15) is 20.7 Å². The van der Waals surface area contributed by atoms with Crippen LogP contribution >= 0.6 is 11.3 Å². The number of methoxy groups -OCH3 is 1. The van der Waals surface area contributed by atoms with Crippen molar-refractivity contribution in [2.75, 3.05) is 12.4 Å². The minimum atomic E-state index is -1.69. The number of carboxylic acids is 1. The van der Waals surface area contributed by atoms with Crippen molar-refractivity contribution in [3.63, 3.8) is 0 Å². The van der Waals surface area contributed by atoms with Gasteiger partial charge in [-0.1, -0.05) is 23.5 Å². The molecule has 1 N–H and O–H groups in total. The Morgan fingerprint density at radius 1 is 1.27 bits per heavy atom. The average Bonchev–Trinajstić information content (AvgIpc) is 3.01. The molecule has 0 fully saturated rings. The third-order valence-corrected chi connectivity index (χ3v) is 4.44. The molecular formula is C16H10N3O6S-. The van der Waals surface area contributed by atoms with Crippen LogP contribution in [0.2, 0.25) is 0 Å². The van der Waals surface area contributed by atoms with Crippen molar-refractivity contribution in [2.24, 2.45) is 0 Å². The van der Waals surface area contributed by atoms with Gasteiger partial charge in [0.1, 0.15) is 11.3 Å². The number of nitro groups is 1. The predicted octanol–water partition coefficient (Wildman–Crippen LogP) is 1.83. The van der Waals surface area contributed by atoms with Crippen LogP contribution in [-0.4, -0.2) is 28.9 Å². The van der Waals surface area contributed by atoms with Gasteiger partial charge in [-0.05, 0) is 18.2 Å². The molecule has 1 aromatic heterocycles. The first-order chi connectivity index (χ1) is 12.4. The highest BCUT2D eigenvalue weighted by molar-refractivity contribution is 7.22. The smallest absolute Gasteiger partial charge is 0.282 e. The molecule has 1 heterocycles. The van der Waals surface area contributed by atoms with Crippen LogP contribution in [0, 0.1) is 10.1 Å². The molecule has 9 nitrogen and oxygen atoms in total. The lowest BCUT2D eigenvalue weighted by atomic mass is 10.0. The average molecular weight is 372 g/mol. The summed E-state index contributed by atoms with van der Waals surface area (Å²) in [5.74, 6) is -2.03. The highest BCUT2D eigenvalue weighted by atomic mass is 32.1. The molecule has 1 amide bonds. The van der Waals surface area contributed by atoms with E-state index in [1.807, 2.05) is 0 Å². The molecule has 10 heteroatoms. The molecular weight excluding hydrogens is 362 g/mol. The molecule has 0 atom stereocenters. The Hall–Kier alpha value is -3.53. The van der Waals surface area contributed by atoms with E-state index in [9.17, 15) is 24.8 Å². The van der Waals surface area contributed by atoms with E-state index in [4.69, 9.17) is 4.74 Å². The van der Waals surface area contributed by atoms with Gasteiger partial charge in [0.25, 0.3) is 11.6 Å². The van der Waals surface area contributed by atoms with Crippen LogP contribution < -0.4 is 15.2 Å². The van der Waals surface area contributed by atoms with Gasteiger partial charge in [-0.3, -0.25) is 20.2 Å². The molecule has 0 saturated carbocycles. The number of aromatic carboxylic acids is 1. The number of hydrogen-bond acceptors (Lipinski definition) is 8. The Morgan fingerprint density at radius 2 is 2.04 bits per heavy atom. The van der Waals surface area contributed by atoms with Gasteiger partial charge in [0.05, 0.1) is 28.2 Å². The number of carboxylic acid groups (broad SMARTS) is 1. The van der Waals surface area contributed by atoms with E-state index in [0.29, 0.717) is 11.3 Å². The number of nitrogens with zero attached hydrogens (tertiary/aromatic N) is 2. The van der Waals surface area contributed by atoms with Crippen molar-refractivity contribution < 1.29 is 24.4 Å². The lowest BCUT2D eigenvalue weighted by Crippen LogP contribution is -2.27. The van der Waals surface area contributed by atoms with Gasteiger partial charge in [-0.15, -0.1) is 0 Å². The van der Waals surface area contributed by atoms with Gasteiger partial charge in [0.15, 0.2) is 5.13 Å². The van der Waals surface area contributed by atoms with Crippen LogP contribution in [0.4, 0.5) is 10.8 Å². The molecule has 26 heavy (non-hydrogen) atoms. The van der Waals surface area contributed by atoms with Crippen LogP contribution in [-0.2, 0) is 0 Å². The number of carbonyl (C=O) groups is 2. The monoisotopic (exact) mass is 372 g/mol. The predicted molar refractivity (Wildman–Crippen MR) is 91.6 cm³/mol. The van der Waals surface area contributed by atoms with Crippen molar-refractivity contribution >= 4 is 44.2 Å². The minimum absolute atomic E-state index is 0.167. The molecule has 0 aliphatic carbocycles. The number of nitrogens with one attached hydrogen (secondary N) is 1. The summed E-state index contributed by atoms with van der Waals surface area (Å²) < 4.78 is 5.83. The molecule has 0 aliphatic heterocycles. The fraction of sp³-hybridized carbons (Fsp3) is 0.0625. The van der Waals surface area contributed by atoms with E-state index < -0.39 is 33.6 Å². The van der Waals surface area contributed by atoms with Gasteiger partial charge in [0, 0.05) is 11.6 Å². The third kappa shape index (κ3) is 3.17. The zero-order valence-corrected chi connectivity index (χ0v) is 14.0. The summed E-state index contributed by atoms with van der Waals surface area (Å²) in [4.78, 5) is 38.2. The number of hydrogen-bond donors (Lipinski definition) is 1. The van der Waals surface area contributed by atoms with Crippen molar-refractivity contribution in [3.8, 4) is 5.75 Å². The number of benzene rings is 2. The van der Waals surface area contributed by atoms with Crippen molar-refractivity contribution in [1.29, 1.82) is 0 Å². The number of carbonyl (C=O) groups excluding carboxylic acids is 2. The number of amides is 1. The van der Waals surface area contributed by atoms with E-state index in [-0.39, 0.29) is 5.13 Å². The molecule has 0 saturated heterocycles. The van der Waals surface area contributed by atoms with E-state index in [1.54, 1.807) is 18.2 Å². The molecule has 132 valence electrons. The second kappa shape index (κ2) is 6.76. The number of thiazole rings is 1. The number of fused-ring (bicyclic) bond motifs is 1. The summed E-state index contributed by atoms with van der Waals surface area (Å²) in [6.07, 6.45) is 0. The van der Waals surface area contributed by atoms with Gasteiger partial charge < -0.3 is 14.6 Å². The van der Waals surface area contributed by atoms with Gasteiger partial charge in [0.2, 0.25) is 0 Å². The largest absolute Gasteiger partial charge is 0.545 e. The number of ether oxygens (including phenoxy) is 1. The molecule has 0 unspecified atom stereocenters. The minimum Gasteiger partial charge on any atom is -0.545 e. The lowest BCUT2D eigenvalue weighted by molar-refractivity contribution is -0.385. The van der Waals surface area contributed by atoms with Crippen LogP contribution in [0.25, 0.3) is 10.2 Å². The first-order valence-corrected chi connectivity index (χ1v) is 7.97. The molecule has 0 bridgehead atoms. The molecule has 0 radical (unpaired) electrons. The molecule has 2 aromatic carbocycles. The third-order valence-electron chi connectivity index (χ3n) is 3.50. The maximum atomic E-state index is 12.5. The molecule has 3 rings (SSSR count). The zero-order valence-electron chi connectivity index (χ0n) is 13.2. The van der Waals surface area contributed by atoms with E-state index in [0.717, 1.165) is 28.2 Å². The first-order valence-electron chi connectivity index (χ1n) is 7.15. The standard InChI is InChI=1S/C16H11N3O6S/c1-25-8-5-6-10-12(7-8)26-16(17-10)18-14(20)13-9(15(21)22)3-2-4-11(13)19(23)24/h2-7H,1H3,(H,21,22)(H,17,18,20)/p-1. The molecule has 0 aliphatic rings. The van der Waals surface area contributed by atoms with Crippen molar-refractivity contribution in [3.05, 3.63) is 57.6 Å². The second-order valence-electron chi connectivity index (χ2n) is 5.05. The normalized spacial score (nSPS) is 10.5. The topological polar surface area (TPSA) is 134 Å². The van der Waals surface area contributed by atoms with Crippen LogP contribution in [0.15, 0.2) is 36.4 Å². The van der Waals surface area contributed by atoms with Crippen molar-refractivity contribution in [1.82, 2.24) is 4.98 Å². The maximum absolute atomic E-state index is 12.5. The Labute approximate surface area is 150 Å². The summed E-state index contributed by atoms with van der Waals surface area (Å²) in [7, 11) is 1.51. The summed E-state index contributed by atoms with van der Waals surface area (Å²) in [5.41, 5.74) is -1.20. The Bertz CT molecular complexity index is 1010. The molecule has 0 spiro atoms. The fourth-order valence-electron chi connectivity index (χ4n) is 2.35. The number of nitro benzene ring substituents is 1. The van der Waals surface area contributed by atoms with Gasteiger partial charge in [-0.25, -0.2) is 4.98 Å². The number of rotatable bonds is 5. The van der Waals surface area contributed by atoms with Crippen molar-refractivity contribution in [2.45, 2.75) is 0 Å².